The molecule has 2 atom stereocenters. The molecule has 1 saturated heterocycles. The number of aromatic nitrogens is 2. The van der Waals surface area contributed by atoms with Crippen molar-refractivity contribution in [3.8, 4) is 0 Å². The third kappa shape index (κ3) is 3.41. The van der Waals surface area contributed by atoms with Gasteiger partial charge in [-0.2, -0.15) is 0 Å². The molecule has 20 heavy (non-hydrogen) atoms. The summed E-state index contributed by atoms with van der Waals surface area (Å²) in [5.74, 6) is 0. The van der Waals surface area contributed by atoms with Crippen molar-refractivity contribution < 1.29 is 0 Å². The first-order chi connectivity index (χ1) is 9.81. The van der Waals surface area contributed by atoms with Crippen molar-refractivity contribution in [1.29, 1.82) is 0 Å². The lowest BCUT2D eigenvalue weighted by Gasteiger charge is -2.41. The van der Waals surface area contributed by atoms with E-state index in [-0.39, 0.29) is 0 Å². The van der Waals surface area contributed by atoms with Crippen molar-refractivity contribution in [3.05, 3.63) is 18.2 Å². The van der Waals surface area contributed by atoms with Crippen LogP contribution in [0.2, 0.25) is 0 Å². The highest BCUT2D eigenvalue weighted by Crippen LogP contribution is 2.30. The maximum absolute atomic E-state index is 6.14. The first-order valence-electron chi connectivity index (χ1n) is 8.27. The average molecular weight is 278 g/mol. The maximum atomic E-state index is 6.14. The van der Waals surface area contributed by atoms with Gasteiger partial charge >= 0.3 is 0 Å². The summed E-state index contributed by atoms with van der Waals surface area (Å²) in [5, 5.41) is 0. The van der Waals surface area contributed by atoms with Gasteiger partial charge in [-0.3, -0.25) is 4.90 Å². The Balaban J connectivity index is 2.18. The lowest BCUT2D eigenvalue weighted by molar-refractivity contribution is 0.0873. The highest BCUT2D eigenvalue weighted by molar-refractivity contribution is 5.08. The van der Waals surface area contributed by atoms with Gasteiger partial charge in [-0.05, 0) is 32.2 Å². The molecule has 114 valence electrons. The molecule has 1 aromatic rings. The number of rotatable bonds is 7. The number of nitrogens with zero attached hydrogens (tertiary/aromatic N) is 3. The van der Waals surface area contributed by atoms with Gasteiger partial charge in [0.15, 0.2) is 0 Å². The fourth-order valence-corrected chi connectivity index (χ4v) is 3.54. The van der Waals surface area contributed by atoms with Crippen molar-refractivity contribution in [1.82, 2.24) is 14.5 Å². The van der Waals surface area contributed by atoms with Crippen LogP contribution in [0, 0.1) is 0 Å². The van der Waals surface area contributed by atoms with Crippen LogP contribution in [0.5, 0.6) is 0 Å². The monoisotopic (exact) mass is 278 g/mol. The summed E-state index contributed by atoms with van der Waals surface area (Å²) in [6.45, 7) is 7.41. The first-order valence-corrected chi connectivity index (χ1v) is 8.27. The first kappa shape index (κ1) is 15.5. The molecule has 0 saturated carbocycles. The van der Waals surface area contributed by atoms with Gasteiger partial charge in [0.2, 0.25) is 0 Å². The molecule has 1 aliphatic heterocycles. The molecule has 2 unspecified atom stereocenters. The molecule has 1 fully saturated rings. The smallest absolute Gasteiger partial charge is 0.0948 e. The number of hydrogen-bond donors (Lipinski definition) is 1. The number of aryl methyl sites for hydroxylation is 1. The normalized spacial score (nSPS) is 22.1. The van der Waals surface area contributed by atoms with Crippen LogP contribution in [0.25, 0.3) is 0 Å². The Hall–Kier alpha value is -0.870. The third-order valence-electron chi connectivity index (χ3n) is 4.47. The van der Waals surface area contributed by atoms with E-state index >= 15 is 0 Å². The van der Waals surface area contributed by atoms with E-state index in [9.17, 15) is 0 Å². The van der Waals surface area contributed by atoms with Crippen LogP contribution in [-0.2, 0) is 6.54 Å². The van der Waals surface area contributed by atoms with Crippen molar-refractivity contribution in [2.24, 2.45) is 5.73 Å². The van der Waals surface area contributed by atoms with Crippen LogP contribution in [0.1, 0.15) is 64.1 Å². The average Bonchev–Trinajstić information content (AvgIpc) is 2.91. The molecule has 0 spiro atoms. The molecule has 0 radical (unpaired) electrons. The molecule has 2 heterocycles. The van der Waals surface area contributed by atoms with Crippen molar-refractivity contribution in [3.63, 3.8) is 0 Å². The number of hydrogen-bond acceptors (Lipinski definition) is 3. The molecule has 4 nitrogen and oxygen atoms in total. The van der Waals surface area contributed by atoms with Crippen molar-refractivity contribution in [2.75, 3.05) is 13.1 Å². The molecule has 0 bridgehead atoms. The summed E-state index contributed by atoms with van der Waals surface area (Å²) in [5.41, 5.74) is 7.44. The number of likely N-dealkylation sites (tertiary alicyclic amines) is 1. The minimum Gasteiger partial charge on any atom is -0.333 e. The molecular formula is C16H30N4. The van der Waals surface area contributed by atoms with Crippen molar-refractivity contribution in [2.45, 2.75) is 71.0 Å². The lowest BCUT2D eigenvalue weighted by Crippen LogP contribution is -2.45. The number of nitrogens with two attached hydrogens (primary N) is 1. The molecule has 0 amide bonds. The topological polar surface area (TPSA) is 47.1 Å². The van der Waals surface area contributed by atoms with Crippen LogP contribution >= 0.6 is 0 Å². The molecule has 2 rings (SSSR count). The van der Waals surface area contributed by atoms with E-state index in [1.54, 1.807) is 0 Å². The third-order valence-corrected chi connectivity index (χ3v) is 4.47. The molecule has 4 heteroatoms. The minimum absolute atomic E-state index is 0.334. The number of piperidine rings is 1. The Kier molecular flexibility index (Phi) is 6.05. The van der Waals surface area contributed by atoms with E-state index in [0.717, 1.165) is 13.0 Å². The SMILES string of the molecule is CCCC1CCCCN1C(CN)c1cncn1CCC. The highest BCUT2D eigenvalue weighted by atomic mass is 15.2. The number of imidazole rings is 1. The van der Waals surface area contributed by atoms with Gasteiger partial charge < -0.3 is 10.3 Å². The van der Waals surface area contributed by atoms with Crippen molar-refractivity contribution >= 4 is 0 Å². The standard InChI is InChI=1S/C16H30N4/c1-3-7-14-8-5-6-10-20(14)15(11-17)16-12-18-13-19(16)9-4-2/h12-15H,3-11,17H2,1-2H3. The predicted molar refractivity (Wildman–Crippen MR) is 83.6 cm³/mol. The molecule has 0 aromatic carbocycles. The summed E-state index contributed by atoms with van der Waals surface area (Å²) in [7, 11) is 0. The molecule has 1 aliphatic rings. The van der Waals surface area contributed by atoms with Gasteiger partial charge in [0.25, 0.3) is 0 Å². The zero-order chi connectivity index (χ0) is 14.4. The van der Waals surface area contributed by atoms with E-state index in [1.807, 2.05) is 12.5 Å². The van der Waals surface area contributed by atoms with Gasteiger partial charge in [-0.25, -0.2) is 4.98 Å². The van der Waals surface area contributed by atoms with E-state index in [1.165, 1.54) is 44.3 Å². The second-order valence-corrected chi connectivity index (χ2v) is 5.94. The Morgan fingerprint density at radius 1 is 1.35 bits per heavy atom. The fraction of sp³-hybridized carbons (Fsp3) is 0.812. The van der Waals surface area contributed by atoms with Crippen LogP contribution < -0.4 is 5.73 Å². The molecular weight excluding hydrogens is 248 g/mol. The van der Waals surface area contributed by atoms with Crippen LogP contribution in [0.3, 0.4) is 0 Å². The highest BCUT2D eigenvalue weighted by Gasteiger charge is 2.30. The summed E-state index contributed by atoms with van der Waals surface area (Å²) >= 11 is 0. The summed E-state index contributed by atoms with van der Waals surface area (Å²) in [6.07, 6.45) is 11.7. The van der Waals surface area contributed by atoms with Crippen LogP contribution in [-0.4, -0.2) is 33.6 Å². The largest absolute Gasteiger partial charge is 0.333 e. The molecule has 0 aliphatic carbocycles. The van der Waals surface area contributed by atoms with Gasteiger partial charge in [0, 0.05) is 25.3 Å². The summed E-state index contributed by atoms with van der Waals surface area (Å²) in [4.78, 5) is 7.01. The predicted octanol–water partition coefficient (Wildman–Crippen LogP) is 2.95. The molecule has 2 N–H and O–H groups in total. The van der Waals surface area contributed by atoms with E-state index in [0.29, 0.717) is 18.6 Å². The quantitative estimate of drug-likeness (QED) is 0.834. The summed E-state index contributed by atoms with van der Waals surface area (Å²) in [6, 6.07) is 1.04. The Morgan fingerprint density at radius 3 is 2.90 bits per heavy atom. The zero-order valence-corrected chi connectivity index (χ0v) is 13.1. The minimum atomic E-state index is 0.334. The van der Waals surface area contributed by atoms with Gasteiger partial charge in [-0.1, -0.05) is 26.7 Å². The van der Waals surface area contributed by atoms with Crippen LogP contribution in [0.4, 0.5) is 0 Å². The van der Waals surface area contributed by atoms with Gasteiger partial charge in [-0.15, -0.1) is 0 Å². The fourth-order valence-electron chi connectivity index (χ4n) is 3.54. The van der Waals surface area contributed by atoms with E-state index in [2.05, 4.69) is 28.3 Å². The van der Waals surface area contributed by atoms with Gasteiger partial charge in [0.05, 0.1) is 18.1 Å². The Morgan fingerprint density at radius 2 is 2.20 bits per heavy atom. The Bertz CT molecular complexity index is 386. The van der Waals surface area contributed by atoms with Gasteiger partial charge in [0.1, 0.15) is 0 Å². The second kappa shape index (κ2) is 7.79. The maximum Gasteiger partial charge on any atom is 0.0948 e. The van der Waals surface area contributed by atoms with E-state index in [4.69, 9.17) is 5.73 Å². The van der Waals surface area contributed by atoms with E-state index < -0.39 is 0 Å². The summed E-state index contributed by atoms with van der Waals surface area (Å²) < 4.78 is 2.29. The Labute approximate surface area is 123 Å². The molecule has 1 aromatic heterocycles. The lowest BCUT2D eigenvalue weighted by atomic mass is 9.95. The second-order valence-electron chi connectivity index (χ2n) is 5.94. The zero-order valence-electron chi connectivity index (χ0n) is 13.1. The van der Waals surface area contributed by atoms with Crippen LogP contribution in [0.15, 0.2) is 12.5 Å².